The largest absolute Gasteiger partial charge is 0.438 e. The standard InChI is InChI=1S/C13H9BrF3NO/c1-13(16,17)9-5-4-8(7-11(9)15)19-12-10(14)3-2-6-18-12/h2-7H,1H3. The molecule has 0 fully saturated rings. The molecule has 0 atom stereocenters. The molecule has 0 N–H and O–H groups in total. The van der Waals surface area contributed by atoms with Gasteiger partial charge in [0.15, 0.2) is 0 Å². The number of nitrogens with zero attached hydrogens (tertiary/aromatic N) is 1. The molecule has 2 rings (SSSR count). The quantitative estimate of drug-likeness (QED) is 0.799. The van der Waals surface area contributed by atoms with E-state index in [4.69, 9.17) is 4.74 Å². The highest BCUT2D eigenvalue weighted by molar-refractivity contribution is 9.10. The van der Waals surface area contributed by atoms with Gasteiger partial charge in [-0.1, -0.05) is 0 Å². The fraction of sp³-hybridized carbons (Fsp3) is 0.154. The highest BCUT2D eigenvalue weighted by Gasteiger charge is 2.28. The van der Waals surface area contributed by atoms with Gasteiger partial charge in [-0.15, -0.1) is 0 Å². The van der Waals surface area contributed by atoms with Gasteiger partial charge in [-0.3, -0.25) is 0 Å². The molecule has 19 heavy (non-hydrogen) atoms. The topological polar surface area (TPSA) is 22.1 Å². The first-order valence-corrected chi connectivity index (χ1v) is 6.13. The summed E-state index contributed by atoms with van der Waals surface area (Å²) in [7, 11) is 0. The fourth-order valence-corrected chi connectivity index (χ4v) is 1.81. The maximum absolute atomic E-state index is 13.6. The average molecular weight is 332 g/mol. The first kappa shape index (κ1) is 13.9. The van der Waals surface area contributed by atoms with Gasteiger partial charge in [0.1, 0.15) is 11.6 Å². The monoisotopic (exact) mass is 331 g/mol. The van der Waals surface area contributed by atoms with E-state index < -0.39 is 17.3 Å². The number of hydrogen-bond donors (Lipinski definition) is 0. The molecule has 6 heteroatoms. The van der Waals surface area contributed by atoms with Crippen LogP contribution in [0.2, 0.25) is 0 Å². The second-order valence-corrected chi connectivity index (χ2v) is 4.78. The molecule has 2 aromatic rings. The van der Waals surface area contributed by atoms with Gasteiger partial charge in [0.2, 0.25) is 5.88 Å². The smallest absolute Gasteiger partial charge is 0.273 e. The van der Waals surface area contributed by atoms with Crippen molar-refractivity contribution in [1.29, 1.82) is 0 Å². The molecule has 0 spiro atoms. The third-order valence-electron chi connectivity index (χ3n) is 2.35. The predicted molar refractivity (Wildman–Crippen MR) is 68.0 cm³/mol. The summed E-state index contributed by atoms with van der Waals surface area (Å²) in [6, 6.07) is 6.58. The van der Waals surface area contributed by atoms with E-state index >= 15 is 0 Å². The molecule has 100 valence electrons. The zero-order valence-electron chi connectivity index (χ0n) is 9.83. The van der Waals surface area contributed by atoms with Crippen LogP contribution >= 0.6 is 15.9 Å². The lowest BCUT2D eigenvalue weighted by Gasteiger charge is -2.13. The first-order chi connectivity index (χ1) is 8.88. The Balaban J connectivity index is 2.29. The van der Waals surface area contributed by atoms with E-state index in [1.165, 1.54) is 12.3 Å². The lowest BCUT2D eigenvalue weighted by Crippen LogP contribution is -2.09. The number of alkyl halides is 2. The number of rotatable bonds is 3. The normalized spacial score (nSPS) is 11.4. The summed E-state index contributed by atoms with van der Waals surface area (Å²) in [5, 5.41) is 0. The van der Waals surface area contributed by atoms with Gasteiger partial charge in [-0.05, 0) is 40.2 Å². The van der Waals surface area contributed by atoms with E-state index in [2.05, 4.69) is 20.9 Å². The van der Waals surface area contributed by atoms with Crippen molar-refractivity contribution in [2.75, 3.05) is 0 Å². The number of ether oxygens (including phenoxy) is 1. The van der Waals surface area contributed by atoms with Crippen molar-refractivity contribution in [3.05, 3.63) is 52.4 Å². The van der Waals surface area contributed by atoms with Crippen LogP contribution in [0.1, 0.15) is 12.5 Å². The van der Waals surface area contributed by atoms with Gasteiger partial charge < -0.3 is 4.74 Å². The maximum atomic E-state index is 13.6. The zero-order valence-corrected chi connectivity index (χ0v) is 11.4. The Morgan fingerprint density at radius 1 is 1.26 bits per heavy atom. The molecule has 0 aliphatic rings. The Morgan fingerprint density at radius 2 is 2.00 bits per heavy atom. The summed E-state index contributed by atoms with van der Waals surface area (Å²) in [6.45, 7) is 0.640. The van der Waals surface area contributed by atoms with Crippen LogP contribution in [0.4, 0.5) is 13.2 Å². The number of hydrogen-bond acceptors (Lipinski definition) is 2. The summed E-state index contributed by atoms with van der Waals surface area (Å²) in [6.07, 6.45) is 1.50. The van der Waals surface area contributed by atoms with Crippen LogP contribution in [0, 0.1) is 5.82 Å². The Morgan fingerprint density at radius 3 is 2.58 bits per heavy atom. The van der Waals surface area contributed by atoms with E-state index in [0.717, 1.165) is 12.1 Å². The van der Waals surface area contributed by atoms with Crippen LogP contribution in [0.15, 0.2) is 41.0 Å². The van der Waals surface area contributed by atoms with Crippen LogP contribution in [-0.4, -0.2) is 4.98 Å². The van der Waals surface area contributed by atoms with Crippen molar-refractivity contribution >= 4 is 15.9 Å². The molecule has 2 nitrogen and oxygen atoms in total. The zero-order chi connectivity index (χ0) is 14.0. The molecule has 0 saturated heterocycles. The molecule has 0 bridgehead atoms. The number of benzene rings is 1. The third-order valence-corrected chi connectivity index (χ3v) is 2.96. The van der Waals surface area contributed by atoms with E-state index in [9.17, 15) is 13.2 Å². The number of pyridine rings is 1. The molecule has 1 aromatic heterocycles. The molecule has 0 radical (unpaired) electrons. The van der Waals surface area contributed by atoms with Crippen molar-refractivity contribution in [3.63, 3.8) is 0 Å². The highest BCUT2D eigenvalue weighted by atomic mass is 79.9. The Hall–Kier alpha value is -1.56. The SMILES string of the molecule is CC(F)(F)c1ccc(Oc2ncccc2Br)cc1F. The lowest BCUT2D eigenvalue weighted by atomic mass is 10.1. The first-order valence-electron chi connectivity index (χ1n) is 5.34. The van der Waals surface area contributed by atoms with Gasteiger partial charge in [0, 0.05) is 19.2 Å². The van der Waals surface area contributed by atoms with E-state index in [0.29, 0.717) is 11.4 Å². The van der Waals surface area contributed by atoms with E-state index in [-0.39, 0.29) is 11.6 Å². The fourth-order valence-electron chi connectivity index (χ4n) is 1.47. The molecular weight excluding hydrogens is 323 g/mol. The minimum atomic E-state index is -3.23. The highest BCUT2D eigenvalue weighted by Crippen LogP contribution is 2.33. The van der Waals surface area contributed by atoms with Gasteiger partial charge in [0.05, 0.1) is 10.0 Å². The number of aromatic nitrogens is 1. The minimum absolute atomic E-state index is 0.102. The van der Waals surface area contributed by atoms with Crippen molar-refractivity contribution in [3.8, 4) is 11.6 Å². The van der Waals surface area contributed by atoms with Crippen LogP contribution in [0.5, 0.6) is 11.6 Å². The Bertz CT molecular complexity index is 599. The van der Waals surface area contributed by atoms with Crippen LogP contribution in [0.3, 0.4) is 0 Å². The van der Waals surface area contributed by atoms with Crippen molar-refractivity contribution in [1.82, 2.24) is 4.98 Å². The van der Waals surface area contributed by atoms with Crippen molar-refractivity contribution in [2.24, 2.45) is 0 Å². The van der Waals surface area contributed by atoms with Gasteiger partial charge in [-0.25, -0.2) is 18.2 Å². The molecule has 1 heterocycles. The minimum Gasteiger partial charge on any atom is -0.438 e. The second-order valence-electron chi connectivity index (χ2n) is 3.92. The summed E-state index contributed by atoms with van der Waals surface area (Å²) < 4.78 is 45.5. The number of halogens is 4. The summed E-state index contributed by atoms with van der Waals surface area (Å²) >= 11 is 3.22. The van der Waals surface area contributed by atoms with Gasteiger partial charge in [-0.2, -0.15) is 0 Å². The molecule has 0 aliphatic carbocycles. The molecule has 0 unspecified atom stereocenters. The molecule has 0 saturated carbocycles. The predicted octanol–water partition coefficient (Wildman–Crippen LogP) is 4.89. The summed E-state index contributed by atoms with van der Waals surface area (Å²) in [4.78, 5) is 3.93. The van der Waals surface area contributed by atoms with E-state index in [1.807, 2.05) is 0 Å². The van der Waals surface area contributed by atoms with Gasteiger partial charge in [0.25, 0.3) is 5.92 Å². The third kappa shape index (κ3) is 3.26. The summed E-state index contributed by atoms with van der Waals surface area (Å²) in [5.74, 6) is -3.91. The average Bonchev–Trinajstić information content (AvgIpc) is 2.30. The second kappa shape index (κ2) is 5.21. The van der Waals surface area contributed by atoms with E-state index in [1.54, 1.807) is 12.1 Å². The van der Waals surface area contributed by atoms with Crippen LogP contribution in [0.25, 0.3) is 0 Å². The molecular formula is C13H9BrF3NO. The van der Waals surface area contributed by atoms with Crippen LogP contribution < -0.4 is 4.74 Å². The maximum Gasteiger partial charge on any atom is 0.273 e. The van der Waals surface area contributed by atoms with Crippen LogP contribution in [-0.2, 0) is 5.92 Å². The molecule has 1 aromatic carbocycles. The van der Waals surface area contributed by atoms with Crippen molar-refractivity contribution < 1.29 is 17.9 Å². The lowest BCUT2D eigenvalue weighted by molar-refractivity contribution is 0.0137. The Labute approximate surface area is 116 Å². The Kier molecular flexibility index (Phi) is 3.80. The summed E-state index contributed by atoms with van der Waals surface area (Å²) in [5.41, 5.74) is -0.667. The van der Waals surface area contributed by atoms with Gasteiger partial charge >= 0.3 is 0 Å². The molecule has 0 amide bonds. The van der Waals surface area contributed by atoms with Crippen molar-refractivity contribution in [2.45, 2.75) is 12.8 Å². The molecule has 0 aliphatic heterocycles.